The summed E-state index contributed by atoms with van der Waals surface area (Å²) < 4.78 is 47.3. The first-order valence-electron chi connectivity index (χ1n) is 8.23. The van der Waals surface area contributed by atoms with Gasteiger partial charge in [-0.1, -0.05) is 41.9 Å². The highest BCUT2D eigenvalue weighted by Gasteiger charge is 2.32. The molecule has 0 aliphatic rings. The second-order valence-electron chi connectivity index (χ2n) is 5.81. The summed E-state index contributed by atoms with van der Waals surface area (Å²) in [5, 5.41) is 3.27. The van der Waals surface area contributed by atoms with Crippen LogP contribution in [0.25, 0.3) is 11.1 Å². The molecule has 1 aromatic heterocycles. The van der Waals surface area contributed by atoms with Crippen LogP contribution in [0, 0.1) is 0 Å². The zero-order valence-electron chi connectivity index (χ0n) is 14.8. The highest BCUT2D eigenvalue weighted by molar-refractivity contribution is 6.29. The SMILES string of the molecule is COc1ccc(CNc2cc(-c3ccccc3OC(F)(F)F)cc(Cl)n2)cc1. The standard InChI is InChI=1S/C20H16ClF3N2O2/c1-27-15-8-6-13(7-9-15)12-25-19-11-14(10-18(21)26-19)16-4-2-3-5-17(16)28-20(22,23)24/h2-11H,12H2,1H3,(H,25,26). The molecule has 1 heterocycles. The van der Waals surface area contributed by atoms with E-state index in [4.69, 9.17) is 16.3 Å². The van der Waals surface area contributed by atoms with Gasteiger partial charge in [-0.05, 0) is 41.5 Å². The first-order chi connectivity index (χ1) is 13.3. The summed E-state index contributed by atoms with van der Waals surface area (Å²) in [5.74, 6) is 0.867. The van der Waals surface area contributed by atoms with Gasteiger partial charge in [0, 0.05) is 12.1 Å². The topological polar surface area (TPSA) is 43.4 Å². The number of methoxy groups -OCH3 is 1. The molecule has 28 heavy (non-hydrogen) atoms. The van der Waals surface area contributed by atoms with Gasteiger partial charge in [-0.15, -0.1) is 13.2 Å². The van der Waals surface area contributed by atoms with E-state index in [0.717, 1.165) is 11.3 Å². The van der Waals surface area contributed by atoms with Gasteiger partial charge >= 0.3 is 6.36 Å². The maximum atomic E-state index is 12.7. The number of nitrogens with one attached hydrogen (secondary N) is 1. The largest absolute Gasteiger partial charge is 0.573 e. The number of benzene rings is 2. The second-order valence-corrected chi connectivity index (χ2v) is 6.20. The Morgan fingerprint density at radius 2 is 1.75 bits per heavy atom. The van der Waals surface area contributed by atoms with Gasteiger partial charge in [0.1, 0.15) is 22.5 Å². The average molecular weight is 409 g/mol. The van der Waals surface area contributed by atoms with Gasteiger partial charge in [0.15, 0.2) is 0 Å². The van der Waals surface area contributed by atoms with Gasteiger partial charge in [-0.25, -0.2) is 4.98 Å². The molecule has 0 aliphatic heterocycles. The highest BCUT2D eigenvalue weighted by atomic mass is 35.5. The second kappa shape index (κ2) is 8.39. The molecule has 0 atom stereocenters. The number of rotatable bonds is 6. The molecular weight excluding hydrogens is 393 g/mol. The number of nitrogens with zero attached hydrogens (tertiary/aromatic N) is 1. The van der Waals surface area contributed by atoms with E-state index in [9.17, 15) is 13.2 Å². The molecule has 4 nitrogen and oxygen atoms in total. The van der Waals surface area contributed by atoms with E-state index in [2.05, 4.69) is 15.0 Å². The van der Waals surface area contributed by atoms with E-state index in [-0.39, 0.29) is 16.5 Å². The summed E-state index contributed by atoms with van der Waals surface area (Å²) in [7, 11) is 1.59. The number of ether oxygens (including phenoxy) is 2. The fourth-order valence-electron chi connectivity index (χ4n) is 2.60. The predicted molar refractivity (Wildman–Crippen MR) is 102 cm³/mol. The fourth-order valence-corrected chi connectivity index (χ4v) is 2.81. The van der Waals surface area contributed by atoms with Crippen LogP contribution in [0.5, 0.6) is 11.5 Å². The molecular formula is C20H16ClF3N2O2. The number of halogens is 4. The molecule has 8 heteroatoms. The molecule has 2 aromatic carbocycles. The summed E-state index contributed by atoms with van der Waals surface area (Å²) in [6.07, 6.45) is -4.79. The summed E-state index contributed by atoms with van der Waals surface area (Å²) in [6.45, 7) is 0.456. The monoisotopic (exact) mass is 408 g/mol. The summed E-state index contributed by atoms with van der Waals surface area (Å²) in [4.78, 5) is 4.18. The molecule has 0 unspecified atom stereocenters. The van der Waals surface area contributed by atoms with Crippen LogP contribution in [-0.2, 0) is 6.54 Å². The number of pyridine rings is 1. The number of anilines is 1. The van der Waals surface area contributed by atoms with Gasteiger partial charge in [-0.3, -0.25) is 0 Å². The van der Waals surface area contributed by atoms with Crippen LogP contribution in [0.2, 0.25) is 5.15 Å². The Labute approximate surface area is 164 Å². The molecule has 1 N–H and O–H groups in total. The third-order valence-corrected chi connectivity index (χ3v) is 4.04. The molecule has 0 spiro atoms. The fraction of sp³-hybridized carbons (Fsp3) is 0.150. The third kappa shape index (κ3) is 5.29. The van der Waals surface area contributed by atoms with Crippen LogP contribution in [0.1, 0.15) is 5.56 Å². The zero-order valence-corrected chi connectivity index (χ0v) is 15.5. The van der Waals surface area contributed by atoms with Crippen molar-refractivity contribution >= 4 is 17.4 Å². The average Bonchev–Trinajstić information content (AvgIpc) is 2.65. The van der Waals surface area contributed by atoms with Crippen molar-refractivity contribution in [2.24, 2.45) is 0 Å². The van der Waals surface area contributed by atoms with Crippen LogP contribution < -0.4 is 14.8 Å². The van der Waals surface area contributed by atoms with E-state index in [1.54, 1.807) is 19.2 Å². The van der Waals surface area contributed by atoms with Crippen molar-refractivity contribution in [1.82, 2.24) is 4.98 Å². The van der Waals surface area contributed by atoms with Gasteiger partial charge in [0.2, 0.25) is 0 Å². The predicted octanol–water partition coefficient (Wildman–Crippen LogP) is 5.92. The minimum absolute atomic E-state index is 0.150. The van der Waals surface area contributed by atoms with Crippen molar-refractivity contribution in [3.8, 4) is 22.6 Å². The van der Waals surface area contributed by atoms with Crippen LogP contribution in [0.15, 0.2) is 60.7 Å². The Kier molecular flexibility index (Phi) is 5.94. The lowest BCUT2D eigenvalue weighted by molar-refractivity contribution is -0.274. The summed E-state index contributed by atoms with van der Waals surface area (Å²) in [6, 6.07) is 16.4. The molecule has 0 fully saturated rings. The van der Waals surface area contributed by atoms with Crippen molar-refractivity contribution < 1.29 is 22.6 Å². The van der Waals surface area contributed by atoms with Crippen molar-refractivity contribution in [3.05, 3.63) is 71.4 Å². The minimum atomic E-state index is -4.79. The number of hydrogen-bond acceptors (Lipinski definition) is 4. The number of hydrogen-bond donors (Lipinski definition) is 1. The lowest BCUT2D eigenvalue weighted by atomic mass is 10.1. The first-order valence-corrected chi connectivity index (χ1v) is 8.61. The Morgan fingerprint density at radius 1 is 1.04 bits per heavy atom. The first kappa shape index (κ1) is 19.8. The van der Waals surface area contributed by atoms with Crippen molar-refractivity contribution in [2.75, 3.05) is 12.4 Å². The smallest absolute Gasteiger partial charge is 0.497 e. The molecule has 0 aliphatic carbocycles. The summed E-state index contributed by atoms with van der Waals surface area (Å²) >= 11 is 6.08. The quantitative estimate of drug-likeness (QED) is 0.514. The molecule has 0 radical (unpaired) electrons. The van der Waals surface area contributed by atoms with Crippen molar-refractivity contribution in [1.29, 1.82) is 0 Å². The molecule has 0 saturated carbocycles. The van der Waals surface area contributed by atoms with E-state index >= 15 is 0 Å². The Bertz CT molecular complexity index is 947. The highest BCUT2D eigenvalue weighted by Crippen LogP contribution is 2.35. The van der Waals surface area contributed by atoms with Crippen LogP contribution in [0.4, 0.5) is 19.0 Å². The molecule has 0 saturated heterocycles. The van der Waals surface area contributed by atoms with Gasteiger partial charge < -0.3 is 14.8 Å². The Hall–Kier alpha value is -2.93. The lowest BCUT2D eigenvalue weighted by Gasteiger charge is -2.14. The molecule has 0 amide bonds. The van der Waals surface area contributed by atoms with Gasteiger partial charge in [-0.2, -0.15) is 0 Å². The molecule has 3 aromatic rings. The Morgan fingerprint density at radius 3 is 2.43 bits per heavy atom. The number of aromatic nitrogens is 1. The maximum Gasteiger partial charge on any atom is 0.573 e. The van der Waals surface area contributed by atoms with Gasteiger partial charge in [0.25, 0.3) is 0 Å². The van der Waals surface area contributed by atoms with E-state index in [1.165, 1.54) is 24.3 Å². The third-order valence-electron chi connectivity index (χ3n) is 3.85. The van der Waals surface area contributed by atoms with Gasteiger partial charge in [0.05, 0.1) is 7.11 Å². The van der Waals surface area contributed by atoms with Crippen LogP contribution >= 0.6 is 11.6 Å². The van der Waals surface area contributed by atoms with E-state index in [0.29, 0.717) is 17.9 Å². The molecule has 3 rings (SSSR count). The zero-order chi connectivity index (χ0) is 20.1. The van der Waals surface area contributed by atoms with E-state index < -0.39 is 6.36 Å². The Balaban J connectivity index is 1.83. The van der Waals surface area contributed by atoms with Crippen molar-refractivity contribution in [2.45, 2.75) is 12.9 Å². The number of para-hydroxylation sites is 1. The van der Waals surface area contributed by atoms with Crippen LogP contribution in [-0.4, -0.2) is 18.5 Å². The van der Waals surface area contributed by atoms with E-state index in [1.807, 2.05) is 24.3 Å². The summed E-state index contributed by atoms with van der Waals surface area (Å²) in [5.41, 5.74) is 1.69. The molecule has 0 bridgehead atoms. The van der Waals surface area contributed by atoms with Crippen LogP contribution in [0.3, 0.4) is 0 Å². The van der Waals surface area contributed by atoms with Crippen molar-refractivity contribution in [3.63, 3.8) is 0 Å². The number of alkyl halides is 3. The minimum Gasteiger partial charge on any atom is -0.497 e. The molecule has 146 valence electrons. The lowest BCUT2D eigenvalue weighted by Crippen LogP contribution is -2.17. The maximum absolute atomic E-state index is 12.7. The normalized spacial score (nSPS) is 11.2.